The van der Waals surface area contributed by atoms with E-state index in [1.54, 1.807) is 0 Å². The summed E-state index contributed by atoms with van der Waals surface area (Å²) in [5, 5.41) is 1.99. The van der Waals surface area contributed by atoms with Crippen molar-refractivity contribution in [1.29, 1.82) is 0 Å². The lowest BCUT2D eigenvalue weighted by Crippen LogP contribution is -2.58. The van der Waals surface area contributed by atoms with Gasteiger partial charge in [-0.25, -0.2) is 4.79 Å². The Morgan fingerprint density at radius 1 is 0.939 bits per heavy atom. The van der Waals surface area contributed by atoms with Crippen molar-refractivity contribution in [2.45, 2.75) is 22.8 Å². The Morgan fingerprint density at radius 3 is 2.12 bits per heavy atom. The zero-order valence-corrected chi connectivity index (χ0v) is 18.2. The second kappa shape index (κ2) is 8.82. The Balaban J connectivity index is 1.94. The van der Waals surface area contributed by atoms with Crippen LogP contribution < -0.4 is 5.32 Å². The fourth-order valence-electron chi connectivity index (χ4n) is 3.20. The van der Waals surface area contributed by atoms with Crippen LogP contribution in [0.25, 0.3) is 0 Å². The number of nitrogens with zero attached hydrogens (tertiary/aromatic N) is 1. The lowest BCUT2D eigenvalue weighted by Gasteiger charge is -2.30. The van der Waals surface area contributed by atoms with Crippen LogP contribution in [0.1, 0.15) is 21.5 Å². The van der Waals surface area contributed by atoms with Crippen LogP contribution in [0.4, 0.5) is 4.79 Å². The quantitative estimate of drug-likeness (QED) is 0.275. The highest BCUT2D eigenvalue weighted by Crippen LogP contribution is 2.26. The van der Waals surface area contributed by atoms with Crippen molar-refractivity contribution in [1.82, 2.24) is 10.2 Å². The molecular formula is C19H16N2O10S2. The number of benzene rings is 2. The Morgan fingerprint density at radius 2 is 1.58 bits per heavy atom. The van der Waals surface area contributed by atoms with Crippen molar-refractivity contribution in [2.75, 3.05) is 0 Å². The third-order valence-electron chi connectivity index (χ3n) is 4.85. The van der Waals surface area contributed by atoms with Crippen molar-refractivity contribution in [2.24, 2.45) is 5.92 Å². The molecule has 0 saturated carbocycles. The van der Waals surface area contributed by atoms with E-state index < -0.39 is 60.2 Å². The van der Waals surface area contributed by atoms with Crippen molar-refractivity contribution < 1.29 is 45.1 Å². The molecule has 0 bridgehead atoms. The largest absolute Gasteiger partial charge is 0.331 e. The third-order valence-corrected chi connectivity index (χ3v) is 6.64. The van der Waals surface area contributed by atoms with Gasteiger partial charge in [0.1, 0.15) is 12.2 Å². The summed E-state index contributed by atoms with van der Waals surface area (Å²) in [4.78, 5) is 47.2. The number of hydrogen-bond acceptors (Lipinski definition) is 8. The molecule has 2 aromatic rings. The maximum atomic E-state index is 12.9. The number of imide groups is 2. The van der Waals surface area contributed by atoms with Gasteiger partial charge in [-0.2, -0.15) is 16.8 Å². The van der Waals surface area contributed by atoms with Gasteiger partial charge >= 0.3 is 6.03 Å². The van der Waals surface area contributed by atoms with Crippen molar-refractivity contribution in [3.05, 3.63) is 59.2 Å². The number of rotatable bonds is 7. The van der Waals surface area contributed by atoms with E-state index in [0.717, 1.165) is 17.0 Å². The maximum Gasteiger partial charge on any atom is 0.331 e. The summed E-state index contributed by atoms with van der Waals surface area (Å²) in [5.41, 5.74) is 0.545. The molecule has 12 nitrogen and oxygen atoms in total. The van der Waals surface area contributed by atoms with Crippen molar-refractivity contribution >= 4 is 44.4 Å². The van der Waals surface area contributed by atoms with E-state index in [-0.39, 0.29) is 12.1 Å². The van der Waals surface area contributed by atoms with Crippen LogP contribution in [0.15, 0.2) is 52.3 Å². The number of hydrogen-bond donors (Lipinski definition) is 3. The van der Waals surface area contributed by atoms with Gasteiger partial charge in [-0.05, 0) is 29.7 Å². The first kappa shape index (κ1) is 24.2. The molecule has 4 amide bonds. The minimum absolute atomic E-state index is 0.250. The van der Waals surface area contributed by atoms with Gasteiger partial charge in [-0.15, -0.1) is 0 Å². The van der Waals surface area contributed by atoms with Gasteiger partial charge in [0.05, 0.1) is 16.3 Å². The van der Waals surface area contributed by atoms with Crippen molar-refractivity contribution in [3.63, 3.8) is 0 Å². The van der Waals surface area contributed by atoms with Gasteiger partial charge in [0.2, 0.25) is 11.8 Å². The summed E-state index contributed by atoms with van der Waals surface area (Å²) >= 11 is 0. The molecule has 1 unspecified atom stereocenters. The highest BCUT2D eigenvalue weighted by atomic mass is 32.2. The standard InChI is InChI=1S/C19H16N2O10S2/c22-10-12-3-1-11(2-4-12)9-21-18(24)15(17(23)20-19(21)25)7-13-5-6-14(32(26,27)28)8-16(13)33(29,30)31/h1-6,8,10,15H,7,9H2,(H,20,23,25)(H,26,27,28)(H,29,30,31). The Hall–Kier alpha value is -3.46. The fraction of sp³-hybridized carbons (Fsp3) is 0.158. The number of urea groups is 1. The summed E-state index contributed by atoms with van der Waals surface area (Å²) in [6.45, 7) is -0.250. The molecule has 1 aliphatic heterocycles. The highest BCUT2D eigenvalue weighted by Gasteiger charge is 2.41. The van der Waals surface area contributed by atoms with Gasteiger partial charge in [-0.1, -0.05) is 30.3 Å². The molecule has 1 saturated heterocycles. The van der Waals surface area contributed by atoms with E-state index in [9.17, 15) is 40.6 Å². The molecule has 3 rings (SSSR count). The van der Waals surface area contributed by atoms with Gasteiger partial charge in [0.25, 0.3) is 20.2 Å². The highest BCUT2D eigenvalue weighted by molar-refractivity contribution is 7.86. The van der Waals surface area contributed by atoms with E-state index in [2.05, 4.69) is 0 Å². The first-order valence-electron chi connectivity index (χ1n) is 9.09. The Labute approximate surface area is 187 Å². The van der Waals surface area contributed by atoms with Crippen LogP contribution in [-0.2, 0) is 42.8 Å². The average molecular weight is 496 g/mol. The number of aldehydes is 1. The summed E-state index contributed by atoms with van der Waals surface area (Å²) < 4.78 is 64.7. The minimum atomic E-state index is -5.01. The Kier molecular flexibility index (Phi) is 6.46. The second-order valence-corrected chi connectivity index (χ2v) is 9.87. The summed E-state index contributed by atoms with van der Waals surface area (Å²) in [5.74, 6) is -3.55. The molecule has 0 spiro atoms. The summed E-state index contributed by atoms with van der Waals surface area (Å²) in [7, 11) is -9.82. The molecule has 174 valence electrons. The predicted octanol–water partition coefficient (Wildman–Crippen LogP) is 0.430. The predicted molar refractivity (Wildman–Crippen MR) is 109 cm³/mol. The number of carbonyl (C=O) groups excluding carboxylic acids is 4. The first-order valence-corrected chi connectivity index (χ1v) is 12.0. The molecule has 0 radical (unpaired) electrons. The molecule has 33 heavy (non-hydrogen) atoms. The van der Waals surface area contributed by atoms with Gasteiger partial charge in [0, 0.05) is 5.56 Å². The molecule has 1 atom stereocenters. The monoisotopic (exact) mass is 496 g/mol. The maximum absolute atomic E-state index is 12.9. The molecular weight excluding hydrogens is 480 g/mol. The SMILES string of the molecule is O=Cc1ccc(CN2C(=O)NC(=O)C(Cc3ccc(S(=O)(=O)O)cc3S(=O)(=O)O)C2=O)cc1. The smallest absolute Gasteiger partial charge is 0.298 e. The molecule has 1 heterocycles. The fourth-order valence-corrected chi connectivity index (χ4v) is 4.54. The molecule has 3 N–H and O–H groups in total. The molecule has 2 aromatic carbocycles. The van der Waals surface area contributed by atoms with E-state index in [1.165, 1.54) is 24.3 Å². The van der Waals surface area contributed by atoms with E-state index in [1.807, 2.05) is 5.32 Å². The van der Waals surface area contributed by atoms with Gasteiger partial charge in [-0.3, -0.25) is 33.7 Å². The van der Waals surface area contributed by atoms with Crippen LogP contribution in [0.5, 0.6) is 0 Å². The first-order chi connectivity index (χ1) is 15.3. The zero-order valence-electron chi connectivity index (χ0n) is 16.5. The zero-order chi connectivity index (χ0) is 24.6. The van der Waals surface area contributed by atoms with Gasteiger partial charge in [0.15, 0.2) is 0 Å². The van der Waals surface area contributed by atoms with Crippen LogP contribution >= 0.6 is 0 Å². The van der Waals surface area contributed by atoms with E-state index in [0.29, 0.717) is 23.5 Å². The number of carbonyl (C=O) groups is 4. The van der Waals surface area contributed by atoms with E-state index in [4.69, 9.17) is 4.55 Å². The van der Waals surface area contributed by atoms with Crippen LogP contribution in [0.3, 0.4) is 0 Å². The normalized spacial score (nSPS) is 17.1. The van der Waals surface area contributed by atoms with Crippen LogP contribution in [0.2, 0.25) is 0 Å². The molecule has 14 heteroatoms. The number of barbiturate groups is 1. The summed E-state index contributed by atoms with van der Waals surface area (Å²) in [6.07, 6.45) is 0.0107. The Bertz CT molecular complexity index is 1370. The number of nitrogens with one attached hydrogen (secondary N) is 1. The summed E-state index contributed by atoms with van der Waals surface area (Å²) in [6, 6.07) is 7.17. The average Bonchev–Trinajstić information content (AvgIpc) is 2.73. The van der Waals surface area contributed by atoms with Crippen LogP contribution in [-0.4, -0.2) is 55.0 Å². The van der Waals surface area contributed by atoms with Crippen LogP contribution in [0, 0.1) is 5.92 Å². The lowest BCUT2D eigenvalue weighted by molar-refractivity contribution is -0.143. The lowest BCUT2D eigenvalue weighted by atomic mass is 9.95. The molecule has 0 aliphatic carbocycles. The second-order valence-electron chi connectivity index (χ2n) is 7.05. The molecule has 0 aromatic heterocycles. The van der Waals surface area contributed by atoms with Crippen molar-refractivity contribution in [3.8, 4) is 0 Å². The molecule has 1 fully saturated rings. The molecule has 1 aliphatic rings. The third kappa shape index (κ3) is 5.31. The number of amides is 4. The minimum Gasteiger partial charge on any atom is -0.298 e. The van der Waals surface area contributed by atoms with E-state index >= 15 is 0 Å². The topological polar surface area (TPSA) is 192 Å². The van der Waals surface area contributed by atoms with Gasteiger partial charge < -0.3 is 0 Å².